The van der Waals surface area contributed by atoms with Crippen LogP contribution in [0.5, 0.6) is 0 Å². The molecule has 42 heavy (non-hydrogen) atoms. The maximum absolute atomic E-state index is 13.1. The van der Waals surface area contributed by atoms with Crippen molar-refractivity contribution in [2.45, 2.75) is 73.1 Å². The first-order chi connectivity index (χ1) is 20.0. The van der Waals surface area contributed by atoms with Gasteiger partial charge in [-0.15, -0.1) is 0 Å². The molecule has 0 unspecified atom stereocenters. The highest BCUT2D eigenvalue weighted by Gasteiger charge is 2.27. The summed E-state index contributed by atoms with van der Waals surface area (Å²) in [6, 6.07) is 14.9. The number of hydrogen-bond acceptors (Lipinski definition) is 9. The van der Waals surface area contributed by atoms with Crippen molar-refractivity contribution in [1.29, 1.82) is 0 Å². The molecule has 0 N–H and O–H groups in total. The van der Waals surface area contributed by atoms with Crippen LogP contribution in [0.15, 0.2) is 48.5 Å². The number of ether oxygens (including phenoxy) is 4. The SMILES string of the molecule is CCCc1nc(COC(=O)C(=O)OCC)c(C(=O)OCC)n1Cc1ccc(-c2ccccc2C(=O)OC(C)(C)C)cc1. The van der Waals surface area contributed by atoms with Crippen LogP contribution in [-0.4, -0.2) is 52.2 Å². The van der Waals surface area contributed by atoms with Crippen LogP contribution in [0, 0.1) is 0 Å². The third-order valence-electron chi connectivity index (χ3n) is 5.99. The summed E-state index contributed by atoms with van der Waals surface area (Å²) in [6.07, 6.45) is 1.31. The van der Waals surface area contributed by atoms with E-state index in [9.17, 15) is 19.2 Å². The average Bonchev–Trinajstić information content (AvgIpc) is 3.28. The van der Waals surface area contributed by atoms with Crippen LogP contribution < -0.4 is 0 Å². The highest BCUT2D eigenvalue weighted by molar-refractivity contribution is 6.29. The molecular formula is C32H38N2O8. The third kappa shape index (κ3) is 8.28. The number of nitrogens with zero attached hydrogens (tertiary/aromatic N) is 2. The lowest BCUT2D eigenvalue weighted by Gasteiger charge is -2.20. The minimum absolute atomic E-state index is 0.0304. The Hall–Kier alpha value is -4.47. The van der Waals surface area contributed by atoms with Crippen LogP contribution in [-0.2, 0) is 48.1 Å². The molecular weight excluding hydrogens is 540 g/mol. The molecule has 0 spiro atoms. The van der Waals surface area contributed by atoms with Crippen molar-refractivity contribution in [3.8, 4) is 11.1 Å². The summed E-state index contributed by atoms with van der Waals surface area (Å²) < 4.78 is 22.4. The van der Waals surface area contributed by atoms with Gasteiger partial charge in [0, 0.05) is 13.0 Å². The Labute approximate surface area is 245 Å². The molecule has 224 valence electrons. The van der Waals surface area contributed by atoms with E-state index in [1.54, 1.807) is 30.5 Å². The van der Waals surface area contributed by atoms with E-state index in [1.807, 2.05) is 64.1 Å². The molecule has 0 saturated carbocycles. The lowest BCUT2D eigenvalue weighted by atomic mass is 9.98. The van der Waals surface area contributed by atoms with Crippen LogP contribution >= 0.6 is 0 Å². The van der Waals surface area contributed by atoms with Gasteiger partial charge in [-0.2, -0.15) is 0 Å². The van der Waals surface area contributed by atoms with Gasteiger partial charge < -0.3 is 23.5 Å². The zero-order valence-corrected chi connectivity index (χ0v) is 25.0. The lowest BCUT2D eigenvalue weighted by molar-refractivity contribution is -0.168. The molecule has 0 fully saturated rings. The smallest absolute Gasteiger partial charge is 0.417 e. The van der Waals surface area contributed by atoms with Crippen molar-refractivity contribution in [1.82, 2.24) is 9.55 Å². The van der Waals surface area contributed by atoms with E-state index < -0.39 is 36.1 Å². The van der Waals surface area contributed by atoms with Crippen molar-refractivity contribution >= 4 is 23.9 Å². The average molecular weight is 579 g/mol. The Bertz CT molecular complexity index is 1420. The number of esters is 4. The van der Waals surface area contributed by atoms with Gasteiger partial charge in [0.2, 0.25) is 0 Å². The van der Waals surface area contributed by atoms with Crippen molar-refractivity contribution < 1.29 is 38.1 Å². The van der Waals surface area contributed by atoms with Crippen molar-refractivity contribution in [2.75, 3.05) is 13.2 Å². The van der Waals surface area contributed by atoms with E-state index in [4.69, 9.17) is 14.2 Å². The summed E-state index contributed by atoms with van der Waals surface area (Å²) in [7, 11) is 0. The maximum Gasteiger partial charge on any atom is 0.417 e. The molecule has 0 saturated heterocycles. The van der Waals surface area contributed by atoms with Crippen LogP contribution in [0.4, 0.5) is 0 Å². The normalized spacial score (nSPS) is 11.1. The van der Waals surface area contributed by atoms with Gasteiger partial charge in [0.05, 0.1) is 18.8 Å². The number of benzene rings is 2. The number of imidazole rings is 1. The molecule has 0 aliphatic rings. The Balaban J connectivity index is 1.94. The number of aromatic nitrogens is 2. The van der Waals surface area contributed by atoms with E-state index in [2.05, 4.69) is 9.72 Å². The van der Waals surface area contributed by atoms with E-state index in [1.165, 1.54) is 0 Å². The summed E-state index contributed by atoms with van der Waals surface area (Å²) in [4.78, 5) is 54.2. The van der Waals surface area contributed by atoms with Gasteiger partial charge in [0.15, 0.2) is 5.69 Å². The van der Waals surface area contributed by atoms with Gasteiger partial charge >= 0.3 is 23.9 Å². The zero-order valence-electron chi connectivity index (χ0n) is 25.0. The molecule has 3 rings (SSSR count). The number of rotatable bonds is 11. The highest BCUT2D eigenvalue weighted by atomic mass is 16.6. The summed E-state index contributed by atoms with van der Waals surface area (Å²) in [5.41, 5.74) is 2.62. The largest absolute Gasteiger partial charge is 0.461 e. The summed E-state index contributed by atoms with van der Waals surface area (Å²) in [5, 5.41) is 0. The monoisotopic (exact) mass is 578 g/mol. The van der Waals surface area contributed by atoms with E-state index in [0.29, 0.717) is 17.8 Å². The van der Waals surface area contributed by atoms with Gasteiger partial charge in [0.25, 0.3) is 0 Å². The molecule has 1 aromatic heterocycles. The fraction of sp³-hybridized carbons (Fsp3) is 0.406. The first-order valence-electron chi connectivity index (χ1n) is 14.0. The fourth-order valence-electron chi connectivity index (χ4n) is 4.27. The second-order valence-electron chi connectivity index (χ2n) is 10.4. The van der Waals surface area contributed by atoms with Gasteiger partial charge in [-0.3, -0.25) is 0 Å². The van der Waals surface area contributed by atoms with Gasteiger partial charge in [-0.05, 0) is 63.8 Å². The standard InChI is InChI=1S/C32H38N2O8/c1-7-12-26-33-25(20-41-31(38)30(37)40-9-3)27(29(36)39-8-2)34(26)19-21-15-17-22(18-16-21)23-13-10-11-14-24(23)28(35)42-32(4,5)6/h10-11,13-18H,7-9,12,19-20H2,1-6H3. The molecule has 0 aliphatic heterocycles. The Kier molecular flexibility index (Phi) is 11.0. The van der Waals surface area contributed by atoms with Crippen LogP contribution in [0.3, 0.4) is 0 Å². The number of carbonyl (C=O) groups is 4. The predicted molar refractivity (Wildman–Crippen MR) is 155 cm³/mol. The second-order valence-corrected chi connectivity index (χ2v) is 10.4. The molecule has 10 nitrogen and oxygen atoms in total. The van der Waals surface area contributed by atoms with Crippen LogP contribution in [0.25, 0.3) is 11.1 Å². The molecule has 3 aromatic rings. The molecule has 2 aromatic carbocycles. The molecule has 1 heterocycles. The first kappa shape index (κ1) is 32.0. The molecule has 0 amide bonds. The summed E-state index contributed by atoms with van der Waals surface area (Å²) >= 11 is 0. The van der Waals surface area contributed by atoms with Gasteiger partial charge in [0.1, 0.15) is 23.7 Å². The number of carbonyl (C=O) groups excluding carboxylic acids is 4. The van der Waals surface area contributed by atoms with Crippen LogP contribution in [0.2, 0.25) is 0 Å². The van der Waals surface area contributed by atoms with E-state index in [-0.39, 0.29) is 31.1 Å². The molecule has 10 heteroatoms. The maximum atomic E-state index is 13.1. The van der Waals surface area contributed by atoms with Crippen molar-refractivity contribution in [3.05, 3.63) is 76.9 Å². The molecule has 0 atom stereocenters. The van der Waals surface area contributed by atoms with E-state index >= 15 is 0 Å². The van der Waals surface area contributed by atoms with Gasteiger partial charge in [-0.25, -0.2) is 24.2 Å². The lowest BCUT2D eigenvalue weighted by Crippen LogP contribution is -2.24. The Morgan fingerprint density at radius 1 is 0.810 bits per heavy atom. The van der Waals surface area contributed by atoms with Crippen molar-refractivity contribution in [2.24, 2.45) is 0 Å². The van der Waals surface area contributed by atoms with E-state index in [0.717, 1.165) is 23.1 Å². The minimum atomic E-state index is -1.17. The summed E-state index contributed by atoms with van der Waals surface area (Å²) in [6.45, 7) is 10.8. The molecule has 0 aliphatic carbocycles. The second kappa shape index (κ2) is 14.4. The van der Waals surface area contributed by atoms with Crippen LogP contribution in [0.1, 0.15) is 85.9 Å². The minimum Gasteiger partial charge on any atom is -0.461 e. The fourth-order valence-corrected chi connectivity index (χ4v) is 4.27. The predicted octanol–water partition coefficient (Wildman–Crippen LogP) is 5.29. The van der Waals surface area contributed by atoms with Crippen molar-refractivity contribution in [3.63, 3.8) is 0 Å². The molecule has 0 radical (unpaired) electrons. The number of aryl methyl sites for hydroxylation is 1. The number of hydrogen-bond donors (Lipinski definition) is 0. The Morgan fingerprint density at radius 3 is 2.07 bits per heavy atom. The third-order valence-corrected chi connectivity index (χ3v) is 5.99. The topological polar surface area (TPSA) is 123 Å². The molecule has 0 bridgehead atoms. The quantitative estimate of drug-likeness (QED) is 0.170. The summed E-state index contributed by atoms with van der Waals surface area (Å²) in [5.74, 6) is -2.68. The highest BCUT2D eigenvalue weighted by Crippen LogP contribution is 2.27. The first-order valence-corrected chi connectivity index (χ1v) is 14.0. The Morgan fingerprint density at radius 2 is 1.45 bits per heavy atom. The zero-order chi connectivity index (χ0) is 30.9. The van der Waals surface area contributed by atoms with Gasteiger partial charge in [-0.1, -0.05) is 49.4 Å².